The van der Waals surface area contributed by atoms with Gasteiger partial charge in [-0.3, -0.25) is 0 Å². The summed E-state index contributed by atoms with van der Waals surface area (Å²) < 4.78 is 5.12. The van der Waals surface area contributed by atoms with Gasteiger partial charge in [0.2, 0.25) is 0 Å². The first kappa shape index (κ1) is 11.8. The molecule has 0 aliphatic heterocycles. The topological polar surface area (TPSA) is 62.1 Å². The van der Waals surface area contributed by atoms with Crippen molar-refractivity contribution in [1.29, 1.82) is 5.26 Å². The molecule has 0 bridgehead atoms. The van der Waals surface area contributed by atoms with Crippen molar-refractivity contribution in [1.82, 2.24) is 5.32 Å². The lowest BCUT2D eigenvalue weighted by Crippen LogP contribution is -2.38. The number of hydrogen-bond donors (Lipinski definition) is 1. The number of carbonyl (C=O) groups excluding carboxylic acids is 1. The molecule has 1 fully saturated rings. The van der Waals surface area contributed by atoms with Gasteiger partial charge in [0.05, 0.1) is 12.0 Å². The number of rotatable bonds is 2. The summed E-state index contributed by atoms with van der Waals surface area (Å²) in [6.45, 7) is 7.39. The fraction of sp³-hybridized carbons (Fsp3) is 0.818. The highest BCUT2D eigenvalue weighted by atomic mass is 16.6. The van der Waals surface area contributed by atoms with Crippen LogP contribution >= 0.6 is 0 Å². The molecule has 1 aliphatic rings. The van der Waals surface area contributed by atoms with Crippen LogP contribution in [0.2, 0.25) is 0 Å². The molecule has 1 aliphatic carbocycles. The van der Waals surface area contributed by atoms with Gasteiger partial charge in [0.25, 0.3) is 0 Å². The minimum absolute atomic E-state index is 0.0181. The van der Waals surface area contributed by atoms with E-state index in [1.54, 1.807) is 0 Å². The van der Waals surface area contributed by atoms with E-state index < -0.39 is 11.7 Å². The summed E-state index contributed by atoms with van der Waals surface area (Å²) >= 11 is 0. The van der Waals surface area contributed by atoms with Crippen LogP contribution in [0.5, 0.6) is 0 Å². The van der Waals surface area contributed by atoms with Crippen molar-refractivity contribution in [3.05, 3.63) is 0 Å². The highest BCUT2D eigenvalue weighted by Crippen LogP contribution is 2.40. The SMILES string of the molecule is C[C@@H](NC(=O)OC(C)(C)C)C1CC1C#N. The third kappa shape index (κ3) is 3.78. The van der Waals surface area contributed by atoms with Gasteiger partial charge in [-0.25, -0.2) is 4.79 Å². The molecule has 84 valence electrons. The predicted octanol–water partition coefficient (Wildman–Crippen LogP) is 2.06. The average molecular weight is 210 g/mol. The maximum atomic E-state index is 11.4. The van der Waals surface area contributed by atoms with E-state index in [9.17, 15) is 4.79 Å². The molecule has 0 aromatic heterocycles. The summed E-state index contributed by atoms with van der Waals surface area (Å²) in [5.41, 5.74) is -0.470. The number of alkyl carbamates (subject to hydrolysis) is 1. The van der Waals surface area contributed by atoms with Gasteiger partial charge in [0, 0.05) is 6.04 Å². The molecule has 0 radical (unpaired) electrons. The monoisotopic (exact) mass is 210 g/mol. The minimum atomic E-state index is -0.470. The van der Waals surface area contributed by atoms with E-state index in [-0.39, 0.29) is 12.0 Å². The van der Waals surface area contributed by atoms with Crippen molar-refractivity contribution in [2.75, 3.05) is 0 Å². The maximum absolute atomic E-state index is 11.4. The van der Waals surface area contributed by atoms with Crippen LogP contribution in [0.4, 0.5) is 4.79 Å². The van der Waals surface area contributed by atoms with E-state index >= 15 is 0 Å². The minimum Gasteiger partial charge on any atom is -0.444 e. The predicted molar refractivity (Wildman–Crippen MR) is 56.0 cm³/mol. The Morgan fingerprint density at radius 1 is 1.60 bits per heavy atom. The first-order valence-electron chi connectivity index (χ1n) is 5.22. The van der Waals surface area contributed by atoms with Crippen LogP contribution in [-0.2, 0) is 4.74 Å². The van der Waals surface area contributed by atoms with Gasteiger partial charge in [0.1, 0.15) is 5.60 Å². The van der Waals surface area contributed by atoms with Gasteiger partial charge < -0.3 is 10.1 Å². The molecular formula is C11H18N2O2. The highest BCUT2D eigenvalue weighted by Gasteiger charge is 2.42. The zero-order valence-electron chi connectivity index (χ0n) is 9.70. The molecule has 15 heavy (non-hydrogen) atoms. The summed E-state index contributed by atoms with van der Waals surface area (Å²) in [7, 11) is 0. The Morgan fingerprint density at radius 2 is 2.20 bits per heavy atom. The van der Waals surface area contributed by atoms with Gasteiger partial charge in [-0.2, -0.15) is 5.26 Å². The smallest absolute Gasteiger partial charge is 0.407 e. The largest absolute Gasteiger partial charge is 0.444 e. The standard InChI is InChI=1S/C11H18N2O2/c1-7(9-5-8(9)6-12)13-10(14)15-11(2,3)4/h7-9H,5H2,1-4H3,(H,13,14)/t7-,8?,9?/m1/s1. The lowest BCUT2D eigenvalue weighted by molar-refractivity contribution is 0.0502. The fourth-order valence-electron chi connectivity index (χ4n) is 1.52. The van der Waals surface area contributed by atoms with Crippen molar-refractivity contribution in [3.8, 4) is 6.07 Å². The Kier molecular flexibility index (Phi) is 3.23. The second-order valence-electron chi connectivity index (χ2n) is 5.07. The Bertz CT molecular complexity index is 288. The molecular weight excluding hydrogens is 192 g/mol. The maximum Gasteiger partial charge on any atom is 0.407 e. The third-order valence-electron chi connectivity index (χ3n) is 2.39. The first-order chi connectivity index (χ1) is 6.83. The third-order valence-corrected chi connectivity index (χ3v) is 2.39. The number of ether oxygens (including phenoxy) is 1. The zero-order valence-corrected chi connectivity index (χ0v) is 9.70. The summed E-state index contributed by atoms with van der Waals surface area (Å²) in [6.07, 6.45) is 0.478. The number of hydrogen-bond acceptors (Lipinski definition) is 3. The van der Waals surface area contributed by atoms with E-state index in [0.717, 1.165) is 6.42 Å². The molecule has 0 spiro atoms. The van der Waals surface area contributed by atoms with Gasteiger partial charge in [-0.1, -0.05) is 0 Å². The van der Waals surface area contributed by atoms with Crippen molar-refractivity contribution in [2.45, 2.75) is 45.8 Å². The molecule has 1 saturated carbocycles. The number of amides is 1. The van der Waals surface area contributed by atoms with Crippen molar-refractivity contribution >= 4 is 6.09 Å². The van der Waals surface area contributed by atoms with E-state index in [1.165, 1.54) is 0 Å². The Hall–Kier alpha value is -1.24. The number of nitriles is 1. The van der Waals surface area contributed by atoms with E-state index in [0.29, 0.717) is 5.92 Å². The second-order valence-corrected chi connectivity index (χ2v) is 5.07. The van der Waals surface area contributed by atoms with Crippen LogP contribution in [0.15, 0.2) is 0 Å². The van der Waals surface area contributed by atoms with Crippen LogP contribution in [0.1, 0.15) is 34.1 Å². The van der Waals surface area contributed by atoms with E-state index in [4.69, 9.17) is 10.00 Å². The molecule has 0 aromatic carbocycles. The number of nitrogens with zero attached hydrogens (tertiary/aromatic N) is 1. The molecule has 1 N–H and O–H groups in total. The normalized spacial score (nSPS) is 26.3. The molecule has 0 saturated heterocycles. The highest BCUT2D eigenvalue weighted by molar-refractivity contribution is 5.68. The van der Waals surface area contributed by atoms with E-state index in [1.807, 2.05) is 27.7 Å². The quantitative estimate of drug-likeness (QED) is 0.758. The molecule has 4 nitrogen and oxygen atoms in total. The Morgan fingerprint density at radius 3 is 2.60 bits per heavy atom. The summed E-state index contributed by atoms with van der Waals surface area (Å²) in [5, 5.41) is 11.4. The fourth-order valence-corrected chi connectivity index (χ4v) is 1.52. The van der Waals surface area contributed by atoms with Gasteiger partial charge in [-0.15, -0.1) is 0 Å². The van der Waals surface area contributed by atoms with Crippen LogP contribution < -0.4 is 5.32 Å². The molecule has 0 aromatic rings. The first-order valence-corrected chi connectivity index (χ1v) is 5.22. The van der Waals surface area contributed by atoms with Crippen LogP contribution in [0.25, 0.3) is 0 Å². The Balaban J connectivity index is 2.31. The molecule has 0 heterocycles. The molecule has 1 rings (SSSR count). The molecule has 4 heteroatoms. The van der Waals surface area contributed by atoms with E-state index in [2.05, 4.69) is 11.4 Å². The lowest BCUT2D eigenvalue weighted by atomic mass is 10.2. The van der Waals surface area contributed by atoms with Gasteiger partial charge in [-0.05, 0) is 40.0 Å². The van der Waals surface area contributed by atoms with Crippen molar-refractivity contribution < 1.29 is 9.53 Å². The van der Waals surface area contributed by atoms with Crippen molar-refractivity contribution in [3.63, 3.8) is 0 Å². The lowest BCUT2D eigenvalue weighted by Gasteiger charge is -2.21. The number of nitrogens with one attached hydrogen (secondary N) is 1. The van der Waals surface area contributed by atoms with Crippen LogP contribution in [0, 0.1) is 23.2 Å². The summed E-state index contributed by atoms with van der Waals surface area (Å²) in [5.74, 6) is 0.400. The van der Waals surface area contributed by atoms with Crippen LogP contribution in [-0.4, -0.2) is 17.7 Å². The molecule has 1 amide bonds. The number of carbonyl (C=O) groups is 1. The zero-order chi connectivity index (χ0) is 11.6. The molecule has 2 unspecified atom stereocenters. The van der Waals surface area contributed by atoms with Gasteiger partial charge >= 0.3 is 6.09 Å². The van der Waals surface area contributed by atoms with Gasteiger partial charge in [0.15, 0.2) is 0 Å². The summed E-state index contributed by atoms with van der Waals surface area (Å²) in [6, 6.07) is 2.22. The second kappa shape index (κ2) is 4.09. The average Bonchev–Trinajstić information content (AvgIpc) is 2.77. The van der Waals surface area contributed by atoms with Crippen molar-refractivity contribution in [2.24, 2.45) is 11.8 Å². The Labute approximate surface area is 90.6 Å². The summed E-state index contributed by atoms with van der Waals surface area (Å²) in [4.78, 5) is 11.4. The molecule has 3 atom stereocenters. The van der Waals surface area contributed by atoms with Crippen LogP contribution in [0.3, 0.4) is 0 Å².